The fourth-order valence-electron chi connectivity index (χ4n) is 1.29. The number of rotatable bonds is 10. The molecular formula is C14H26O4S. The van der Waals surface area contributed by atoms with E-state index < -0.39 is 0 Å². The zero-order chi connectivity index (χ0) is 14.7. The molecule has 5 heteroatoms. The van der Waals surface area contributed by atoms with Crippen molar-refractivity contribution in [1.82, 2.24) is 0 Å². The van der Waals surface area contributed by atoms with Crippen LogP contribution in [-0.4, -0.2) is 35.7 Å². The van der Waals surface area contributed by atoms with Crippen molar-refractivity contribution in [2.24, 2.45) is 0 Å². The number of carbonyl (C=O) groups excluding carboxylic acids is 2. The van der Waals surface area contributed by atoms with Gasteiger partial charge in [0.2, 0.25) is 0 Å². The van der Waals surface area contributed by atoms with E-state index in [1.165, 1.54) is 11.8 Å². The average molecular weight is 290 g/mol. The fraction of sp³-hybridized carbons (Fsp3) is 0.857. The van der Waals surface area contributed by atoms with Crippen LogP contribution in [0.25, 0.3) is 0 Å². The zero-order valence-corrected chi connectivity index (χ0v) is 13.3. The minimum absolute atomic E-state index is 0.258. The van der Waals surface area contributed by atoms with E-state index in [4.69, 9.17) is 9.47 Å². The van der Waals surface area contributed by atoms with Crippen molar-refractivity contribution in [1.29, 1.82) is 0 Å². The molecule has 0 aromatic carbocycles. The number of thioether (sulfide) groups is 1. The molecule has 2 atom stereocenters. The molecule has 0 aromatic rings. The van der Waals surface area contributed by atoms with E-state index in [1.54, 1.807) is 13.8 Å². The van der Waals surface area contributed by atoms with Crippen molar-refractivity contribution < 1.29 is 19.1 Å². The Hall–Kier alpha value is -0.710. The minimum atomic E-state index is -0.342. The average Bonchev–Trinajstić information content (AvgIpc) is 2.38. The normalized spacial score (nSPS) is 13.7. The molecule has 0 amide bonds. The highest BCUT2D eigenvalue weighted by Gasteiger charge is 2.23. The maximum atomic E-state index is 11.6. The van der Waals surface area contributed by atoms with Crippen molar-refractivity contribution in [3.8, 4) is 0 Å². The van der Waals surface area contributed by atoms with Gasteiger partial charge in [0.05, 0.1) is 13.2 Å². The lowest BCUT2D eigenvalue weighted by Gasteiger charge is -2.15. The van der Waals surface area contributed by atoms with Gasteiger partial charge >= 0.3 is 11.9 Å². The van der Waals surface area contributed by atoms with E-state index in [0.717, 1.165) is 25.7 Å². The van der Waals surface area contributed by atoms with Gasteiger partial charge < -0.3 is 9.47 Å². The highest BCUT2D eigenvalue weighted by Crippen LogP contribution is 2.20. The van der Waals surface area contributed by atoms with Crippen LogP contribution in [0.2, 0.25) is 0 Å². The molecule has 2 unspecified atom stereocenters. The molecule has 112 valence electrons. The molecule has 19 heavy (non-hydrogen) atoms. The first-order valence-corrected chi connectivity index (χ1v) is 7.95. The van der Waals surface area contributed by atoms with Crippen LogP contribution >= 0.6 is 11.8 Å². The number of hydrogen-bond acceptors (Lipinski definition) is 5. The lowest BCUT2D eigenvalue weighted by atomic mass is 10.4. The summed E-state index contributed by atoms with van der Waals surface area (Å²) < 4.78 is 10.2. The molecule has 0 N–H and O–H groups in total. The predicted octanol–water partition coefficient (Wildman–Crippen LogP) is 3.18. The number of ether oxygens (including phenoxy) is 2. The van der Waals surface area contributed by atoms with E-state index in [9.17, 15) is 9.59 Å². The number of hydrogen-bond donors (Lipinski definition) is 0. The Kier molecular flexibility index (Phi) is 10.7. The summed E-state index contributed by atoms with van der Waals surface area (Å²) in [6, 6.07) is 0. The van der Waals surface area contributed by atoms with Crippen LogP contribution in [0.1, 0.15) is 53.4 Å². The summed E-state index contributed by atoms with van der Waals surface area (Å²) >= 11 is 1.28. The summed E-state index contributed by atoms with van der Waals surface area (Å²) in [5.41, 5.74) is 0. The van der Waals surface area contributed by atoms with Gasteiger partial charge in [-0.15, -0.1) is 11.8 Å². The van der Waals surface area contributed by atoms with Crippen molar-refractivity contribution in [3.63, 3.8) is 0 Å². The van der Waals surface area contributed by atoms with Gasteiger partial charge in [0.25, 0.3) is 0 Å². The molecule has 0 bridgehead atoms. The molecule has 0 aliphatic carbocycles. The second-order valence-corrected chi connectivity index (χ2v) is 6.15. The van der Waals surface area contributed by atoms with Gasteiger partial charge in [-0.25, -0.2) is 0 Å². The van der Waals surface area contributed by atoms with Gasteiger partial charge in [-0.1, -0.05) is 26.7 Å². The molecular weight excluding hydrogens is 264 g/mol. The number of esters is 2. The highest BCUT2D eigenvalue weighted by molar-refractivity contribution is 8.01. The van der Waals surface area contributed by atoms with Crippen LogP contribution < -0.4 is 0 Å². The molecule has 0 saturated carbocycles. The first kappa shape index (κ1) is 18.3. The van der Waals surface area contributed by atoms with E-state index in [0.29, 0.717) is 13.2 Å². The Morgan fingerprint density at radius 1 is 0.895 bits per heavy atom. The quantitative estimate of drug-likeness (QED) is 0.457. The number of carbonyl (C=O) groups is 2. The van der Waals surface area contributed by atoms with Crippen LogP contribution in [0.5, 0.6) is 0 Å². The predicted molar refractivity (Wildman–Crippen MR) is 78.2 cm³/mol. The summed E-state index contributed by atoms with van der Waals surface area (Å²) in [4.78, 5) is 23.3. The van der Waals surface area contributed by atoms with Gasteiger partial charge in [-0.3, -0.25) is 9.59 Å². The molecule has 4 nitrogen and oxygen atoms in total. The Morgan fingerprint density at radius 3 is 1.58 bits per heavy atom. The third-order valence-electron chi connectivity index (χ3n) is 2.56. The molecule has 0 spiro atoms. The van der Waals surface area contributed by atoms with Crippen LogP contribution in [0.3, 0.4) is 0 Å². The number of unbranched alkanes of at least 4 members (excludes halogenated alkanes) is 2. The third-order valence-corrected chi connectivity index (χ3v) is 3.76. The van der Waals surface area contributed by atoms with E-state index >= 15 is 0 Å². The van der Waals surface area contributed by atoms with Crippen LogP contribution in [0.15, 0.2) is 0 Å². The van der Waals surface area contributed by atoms with E-state index in [1.807, 2.05) is 13.8 Å². The van der Waals surface area contributed by atoms with Gasteiger partial charge in [-0.2, -0.15) is 0 Å². The molecule has 0 aliphatic heterocycles. The maximum absolute atomic E-state index is 11.6. The lowest BCUT2D eigenvalue weighted by molar-refractivity contribution is -0.142. The first-order chi connectivity index (χ1) is 9.02. The van der Waals surface area contributed by atoms with Gasteiger partial charge in [0.15, 0.2) is 0 Å². The second-order valence-electron chi connectivity index (χ2n) is 4.46. The van der Waals surface area contributed by atoms with Crippen molar-refractivity contribution in [2.75, 3.05) is 13.2 Å². The van der Waals surface area contributed by atoms with Crippen molar-refractivity contribution in [3.05, 3.63) is 0 Å². The lowest BCUT2D eigenvalue weighted by Crippen LogP contribution is -2.25. The fourth-order valence-corrected chi connectivity index (χ4v) is 2.26. The highest BCUT2D eigenvalue weighted by atomic mass is 32.2. The Bertz CT molecular complexity index is 242. The van der Waals surface area contributed by atoms with Crippen molar-refractivity contribution >= 4 is 23.7 Å². The van der Waals surface area contributed by atoms with Crippen molar-refractivity contribution in [2.45, 2.75) is 63.9 Å². The molecule has 0 aromatic heterocycles. The van der Waals surface area contributed by atoms with Gasteiger partial charge in [0, 0.05) is 0 Å². The summed E-state index contributed by atoms with van der Waals surface area (Å²) in [6.07, 6.45) is 3.74. The zero-order valence-electron chi connectivity index (χ0n) is 12.4. The van der Waals surface area contributed by atoms with E-state index in [2.05, 4.69) is 0 Å². The third kappa shape index (κ3) is 8.92. The molecule has 0 aliphatic rings. The summed E-state index contributed by atoms with van der Waals surface area (Å²) in [6.45, 7) is 8.51. The maximum Gasteiger partial charge on any atom is 0.318 e. The molecule has 0 rings (SSSR count). The largest absolute Gasteiger partial charge is 0.465 e. The smallest absolute Gasteiger partial charge is 0.318 e. The van der Waals surface area contributed by atoms with Crippen LogP contribution in [0, 0.1) is 0 Å². The molecule has 0 radical (unpaired) electrons. The summed E-state index contributed by atoms with van der Waals surface area (Å²) in [5.74, 6) is -0.515. The second kappa shape index (κ2) is 11.1. The topological polar surface area (TPSA) is 52.6 Å². The van der Waals surface area contributed by atoms with Gasteiger partial charge in [-0.05, 0) is 26.7 Å². The summed E-state index contributed by atoms with van der Waals surface area (Å²) in [7, 11) is 0. The van der Waals surface area contributed by atoms with Crippen LogP contribution in [-0.2, 0) is 19.1 Å². The Labute approximate surface area is 120 Å². The molecule has 0 fully saturated rings. The minimum Gasteiger partial charge on any atom is -0.465 e. The summed E-state index contributed by atoms with van der Waals surface area (Å²) in [5, 5.41) is -0.684. The SMILES string of the molecule is CCCCOC(=O)C(C)SC(C)C(=O)OCCCC. The van der Waals surface area contributed by atoms with Gasteiger partial charge in [0.1, 0.15) is 10.5 Å². The molecule has 0 heterocycles. The first-order valence-electron chi connectivity index (χ1n) is 7.01. The molecule has 0 saturated heterocycles. The van der Waals surface area contributed by atoms with E-state index in [-0.39, 0.29) is 22.4 Å². The Morgan fingerprint density at radius 2 is 1.26 bits per heavy atom. The standard InChI is InChI=1S/C14H26O4S/c1-5-7-9-17-13(15)11(3)19-12(4)14(16)18-10-8-6-2/h11-12H,5-10H2,1-4H3. The monoisotopic (exact) mass is 290 g/mol. The van der Waals surface area contributed by atoms with Crippen LogP contribution in [0.4, 0.5) is 0 Å². The Balaban J connectivity index is 3.92.